The van der Waals surface area contributed by atoms with Crippen LogP contribution in [0.5, 0.6) is 0 Å². The van der Waals surface area contributed by atoms with Crippen molar-refractivity contribution in [2.75, 3.05) is 0 Å². The monoisotopic (exact) mass is 267 g/mol. The minimum Gasteiger partial charge on any atom is -0.481 e. The van der Waals surface area contributed by atoms with Crippen LogP contribution >= 0.6 is 0 Å². The van der Waals surface area contributed by atoms with Crippen molar-refractivity contribution in [3.63, 3.8) is 0 Å². The Labute approximate surface area is 116 Å². The van der Waals surface area contributed by atoms with Crippen molar-refractivity contribution in [3.8, 4) is 0 Å². The van der Waals surface area contributed by atoms with Crippen molar-refractivity contribution >= 4 is 5.97 Å². The van der Waals surface area contributed by atoms with Crippen molar-refractivity contribution in [1.29, 1.82) is 0 Å². The predicted molar refractivity (Wildman–Crippen MR) is 75.0 cm³/mol. The highest BCUT2D eigenvalue weighted by atomic mass is 16.4. The number of aromatic nitrogens is 2. The van der Waals surface area contributed by atoms with Gasteiger partial charge in [0.05, 0.1) is 13.0 Å². The first-order chi connectivity index (χ1) is 9.19. The molecule has 19 heavy (non-hydrogen) atoms. The summed E-state index contributed by atoms with van der Waals surface area (Å²) in [5.41, 5.74) is 0. The molecule has 0 aliphatic carbocycles. The minimum atomic E-state index is -0.728. The molecule has 0 aromatic carbocycles. The number of carbonyl (C=O) groups is 1. The highest BCUT2D eigenvalue weighted by Gasteiger charge is 2.16. The molecule has 1 aromatic heterocycles. The number of aliphatic carboxylic acids is 1. The number of rotatable bonds is 10. The van der Waals surface area contributed by atoms with Crippen LogP contribution < -0.4 is 4.57 Å². The van der Waals surface area contributed by atoms with Crippen molar-refractivity contribution < 1.29 is 14.5 Å². The van der Waals surface area contributed by atoms with Gasteiger partial charge >= 0.3 is 5.97 Å². The molecule has 0 unspecified atom stereocenters. The number of carboxylic acid groups (broad SMARTS) is 1. The fraction of sp³-hybridized carbons (Fsp3) is 0.733. The van der Waals surface area contributed by atoms with Crippen LogP contribution in [0.2, 0.25) is 0 Å². The van der Waals surface area contributed by atoms with E-state index in [0.717, 1.165) is 13.0 Å². The smallest absolute Gasteiger partial charge is 0.307 e. The van der Waals surface area contributed by atoms with Gasteiger partial charge in [-0.3, -0.25) is 4.79 Å². The van der Waals surface area contributed by atoms with Crippen LogP contribution in [0.4, 0.5) is 0 Å². The summed E-state index contributed by atoms with van der Waals surface area (Å²) < 4.78 is 4.40. The molecule has 0 fully saturated rings. The molecule has 4 heteroatoms. The first kappa shape index (κ1) is 15.7. The van der Waals surface area contributed by atoms with E-state index in [1.54, 1.807) is 0 Å². The molecule has 0 bridgehead atoms. The molecule has 1 heterocycles. The van der Waals surface area contributed by atoms with Crippen LogP contribution in [0.25, 0.3) is 0 Å². The lowest BCUT2D eigenvalue weighted by Crippen LogP contribution is -2.37. The maximum Gasteiger partial charge on any atom is 0.307 e. The summed E-state index contributed by atoms with van der Waals surface area (Å²) in [6.45, 7) is 6.02. The van der Waals surface area contributed by atoms with Crippen molar-refractivity contribution in [1.82, 2.24) is 4.57 Å². The molecule has 0 spiro atoms. The van der Waals surface area contributed by atoms with Gasteiger partial charge in [0.2, 0.25) is 0 Å². The summed E-state index contributed by atoms with van der Waals surface area (Å²) in [6.07, 6.45) is 11.4. The fourth-order valence-corrected chi connectivity index (χ4v) is 2.27. The number of carboxylic acids is 1. The highest BCUT2D eigenvalue weighted by molar-refractivity contribution is 5.66. The Morgan fingerprint density at radius 1 is 1.26 bits per heavy atom. The summed E-state index contributed by atoms with van der Waals surface area (Å²) in [4.78, 5) is 10.7. The first-order valence-corrected chi connectivity index (χ1v) is 7.48. The van der Waals surface area contributed by atoms with E-state index in [-0.39, 0.29) is 6.42 Å². The van der Waals surface area contributed by atoms with Gasteiger partial charge in [-0.05, 0) is 12.8 Å². The third kappa shape index (κ3) is 5.45. The van der Waals surface area contributed by atoms with E-state index < -0.39 is 5.97 Å². The van der Waals surface area contributed by atoms with Gasteiger partial charge in [0.25, 0.3) is 5.82 Å². The maximum absolute atomic E-state index is 10.7. The van der Waals surface area contributed by atoms with E-state index >= 15 is 0 Å². The Morgan fingerprint density at radius 2 is 2.00 bits per heavy atom. The molecule has 0 saturated carbocycles. The molecule has 0 amide bonds. The SMILES string of the molecule is CCCCCc1n(CCC(=O)O)cc[n+]1CCCC. The zero-order chi connectivity index (χ0) is 14.1. The lowest BCUT2D eigenvalue weighted by atomic mass is 10.2. The van der Waals surface area contributed by atoms with E-state index in [1.807, 2.05) is 6.20 Å². The lowest BCUT2D eigenvalue weighted by Gasteiger charge is -2.04. The number of hydrogen-bond donors (Lipinski definition) is 1. The molecule has 108 valence electrons. The van der Waals surface area contributed by atoms with Crippen LogP contribution in [-0.2, 0) is 24.3 Å². The molecule has 1 rings (SSSR count). The summed E-state index contributed by atoms with van der Waals surface area (Å²) in [6, 6.07) is 0. The Morgan fingerprint density at radius 3 is 2.63 bits per heavy atom. The molecule has 0 saturated heterocycles. The number of aryl methyl sites for hydroxylation is 2. The van der Waals surface area contributed by atoms with Gasteiger partial charge in [0, 0.05) is 6.42 Å². The average molecular weight is 267 g/mol. The molecule has 0 aliphatic heterocycles. The molecule has 0 radical (unpaired) electrons. The van der Waals surface area contributed by atoms with Crippen molar-refractivity contribution in [2.45, 2.75) is 71.9 Å². The van der Waals surface area contributed by atoms with Gasteiger partial charge in [-0.15, -0.1) is 0 Å². The maximum atomic E-state index is 10.7. The van der Waals surface area contributed by atoms with E-state index in [2.05, 4.69) is 29.2 Å². The first-order valence-electron chi connectivity index (χ1n) is 7.48. The van der Waals surface area contributed by atoms with Gasteiger partial charge in [0.15, 0.2) is 0 Å². The molecule has 0 atom stereocenters. The van der Waals surface area contributed by atoms with Crippen LogP contribution in [-0.4, -0.2) is 15.6 Å². The minimum absolute atomic E-state index is 0.198. The molecule has 1 N–H and O–H groups in total. The Hall–Kier alpha value is -1.32. The van der Waals surface area contributed by atoms with Gasteiger partial charge in [-0.25, -0.2) is 9.13 Å². The zero-order valence-corrected chi connectivity index (χ0v) is 12.3. The van der Waals surface area contributed by atoms with E-state index in [4.69, 9.17) is 5.11 Å². The van der Waals surface area contributed by atoms with Gasteiger partial charge in [0.1, 0.15) is 18.9 Å². The molecular formula is C15H27N2O2+. The fourth-order valence-electron chi connectivity index (χ4n) is 2.27. The van der Waals surface area contributed by atoms with Gasteiger partial charge in [-0.1, -0.05) is 33.1 Å². The van der Waals surface area contributed by atoms with Crippen LogP contribution in [0.1, 0.15) is 58.2 Å². The topological polar surface area (TPSA) is 46.1 Å². The quantitative estimate of drug-likeness (QED) is 0.523. The Bertz CT molecular complexity index is 385. The van der Waals surface area contributed by atoms with Gasteiger partial charge in [-0.2, -0.15) is 0 Å². The second-order valence-corrected chi connectivity index (χ2v) is 5.06. The highest BCUT2D eigenvalue weighted by Crippen LogP contribution is 2.06. The lowest BCUT2D eigenvalue weighted by molar-refractivity contribution is -0.704. The molecular weight excluding hydrogens is 240 g/mol. The van der Waals surface area contributed by atoms with Crippen molar-refractivity contribution in [2.24, 2.45) is 0 Å². The Balaban J connectivity index is 2.70. The van der Waals surface area contributed by atoms with E-state index in [0.29, 0.717) is 6.54 Å². The average Bonchev–Trinajstić information content (AvgIpc) is 2.77. The number of imidazole rings is 1. The largest absolute Gasteiger partial charge is 0.481 e. The molecule has 1 aromatic rings. The number of unbranched alkanes of at least 4 members (excludes halogenated alkanes) is 3. The van der Waals surface area contributed by atoms with E-state index in [1.165, 1.54) is 37.9 Å². The number of hydrogen-bond acceptors (Lipinski definition) is 1. The molecule has 4 nitrogen and oxygen atoms in total. The number of nitrogens with zero attached hydrogens (tertiary/aromatic N) is 2. The summed E-state index contributed by atoms with van der Waals surface area (Å²) in [5, 5.41) is 8.81. The van der Waals surface area contributed by atoms with Crippen LogP contribution in [0, 0.1) is 0 Å². The van der Waals surface area contributed by atoms with Crippen LogP contribution in [0.3, 0.4) is 0 Å². The van der Waals surface area contributed by atoms with Gasteiger partial charge < -0.3 is 5.11 Å². The standard InChI is InChI=1S/C15H26N2O2/c1-3-5-7-8-14-16(10-6-4-2)12-13-17(14)11-9-15(18)19/h12-13H,3-11H2,1-2H3/p+1. The van der Waals surface area contributed by atoms with Crippen molar-refractivity contribution in [3.05, 3.63) is 18.2 Å². The Kier molecular flexibility index (Phi) is 7.23. The normalized spacial score (nSPS) is 10.8. The van der Waals surface area contributed by atoms with E-state index in [9.17, 15) is 4.79 Å². The third-order valence-corrected chi connectivity index (χ3v) is 3.41. The van der Waals surface area contributed by atoms with Crippen LogP contribution in [0.15, 0.2) is 12.4 Å². The predicted octanol–water partition coefficient (Wildman–Crippen LogP) is 2.78. The third-order valence-electron chi connectivity index (χ3n) is 3.41. The molecule has 0 aliphatic rings. The summed E-state index contributed by atoms with van der Waals surface area (Å²) >= 11 is 0. The zero-order valence-electron chi connectivity index (χ0n) is 12.3. The second kappa shape index (κ2) is 8.73. The second-order valence-electron chi connectivity index (χ2n) is 5.06. The summed E-state index contributed by atoms with van der Waals surface area (Å²) in [7, 11) is 0. The summed E-state index contributed by atoms with van der Waals surface area (Å²) in [5.74, 6) is 0.552.